The molecule has 0 saturated carbocycles. The number of hydrogen-bond acceptors (Lipinski definition) is 5. The summed E-state index contributed by atoms with van der Waals surface area (Å²) in [5.74, 6) is 0.915. The second-order valence-electron chi connectivity index (χ2n) is 5.92. The molecule has 3 rings (SSSR count). The van der Waals surface area contributed by atoms with Gasteiger partial charge in [-0.25, -0.2) is 4.39 Å². The molecule has 2 aromatic carbocycles. The van der Waals surface area contributed by atoms with Crippen LogP contribution >= 0.6 is 0 Å². The molecule has 0 bridgehead atoms. The largest absolute Gasteiger partial charge is 0.493 e. The summed E-state index contributed by atoms with van der Waals surface area (Å²) >= 11 is 0. The molecule has 0 aliphatic rings. The van der Waals surface area contributed by atoms with Gasteiger partial charge in [-0.15, -0.1) is 0 Å². The minimum atomic E-state index is -0.366. The molecule has 1 aromatic heterocycles. The Morgan fingerprint density at radius 3 is 2.52 bits per heavy atom. The zero-order valence-corrected chi connectivity index (χ0v) is 15.2. The average molecular weight is 370 g/mol. The Morgan fingerprint density at radius 2 is 1.89 bits per heavy atom. The number of aromatic nitrogens is 1. The zero-order valence-electron chi connectivity index (χ0n) is 15.2. The van der Waals surface area contributed by atoms with Crippen LogP contribution in [0.4, 0.5) is 10.1 Å². The van der Waals surface area contributed by atoms with Crippen molar-refractivity contribution in [1.29, 1.82) is 0 Å². The van der Waals surface area contributed by atoms with Gasteiger partial charge in [-0.2, -0.15) is 0 Å². The highest BCUT2D eigenvalue weighted by Gasteiger charge is 2.14. The van der Waals surface area contributed by atoms with E-state index in [0.717, 1.165) is 11.3 Å². The maximum absolute atomic E-state index is 13.0. The Kier molecular flexibility index (Phi) is 5.40. The molecular formula is C20H19FN2O4. The highest BCUT2D eigenvalue weighted by atomic mass is 19.1. The summed E-state index contributed by atoms with van der Waals surface area (Å²) in [7, 11) is 1.50. The number of aryl methyl sites for hydroxylation is 2. The number of nitrogens with zero attached hydrogens (tertiary/aromatic N) is 1. The highest BCUT2D eigenvalue weighted by Crippen LogP contribution is 2.30. The van der Waals surface area contributed by atoms with E-state index in [1.165, 1.54) is 31.4 Å². The first-order valence-corrected chi connectivity index (χ1v) is 8.27. The molecule has 0 aliphatic heterocycles. The second-order valence-corrected chi connectivity index (χ2v) is 5.92. The van der Waals surface area contributed by atoms with Gasteiger partial charge in [0.05, 0.1) is 18.4 Å². The van der Waals surface area contributed by atoms with E-state index < -0.39 is 0 Å². The first kappa shape index (κ1) is 18.4. The number of carbonyl (C=O) groups excluding carboxylic acids is 1. The minimum Gasteiger partial charge on any atom is -0.493 e. The number of halogens is 1. The number of amides is 1. The van der Waals surface area contributed by atoms with Crippen molar-refractivity contribution in [3.63, 3.8) is 0 Å². The van der Waals surface area contributed by atoms with E-state index in [9.17, 15) is 9.18 Å². The molecule has 0 fully saturated rings. The van der Waals surface area contributed by atoms with E-state index >= 15 is 0 Å². The molecule has 0 saturated heterocycles. The van der Waals surface area contributed by atoms with Crippen molar-refractivity contribution < 1.29 is 23.2 Å². The van der Waals surface area contributed by atoms with E-state index in [1.54, 1.807) is 18.2 Å². The Bertz CT molecular complexity index is 932. The maximum atomic E-state index is 13.0. The lowest BCUT2D eigenvalue weighted by Crippen LogP contribution is -2.12. The number of carbonyl (C=O) groups is 1. The van der Waals surface area contributed by atoms with Crippen LogP contribution in [-0.2, 0) is 6.61 Å². The van der Waals surface area contributed by atoms with Gasteiger partial charge in [0.1, 0.15) is 18.2 Å². The number of nitrogens with one attached hydrogen (secondary N) is 1. The van der Waals surface area contributed by atoms with Gasteiger partial charge in [-0.3, -0.25) is 4.79 Å². The molecular weight excluding hydrogens is 351 g/mol. The Labute approximate surface area is 155 Å². The van der Waals surface area contributed by atoms with Crippen LogP contribution in [0.1, 0.15) is 27.4 Å². The van der Waals surface area contributed by atoms with Gasteiger partial charge in [-0.05, 0) is 56.3 Å². The molecule has 1 N–H and O–H groups in total. The van der Waals surface area contributed by atoms with Gasteiger partial charge in [0.2, 0.25) is 0 Å². The van der Waals surface area contributed by atoms with Gasteiger partial charge in [0.25, 0.3) is 5.91 Å². The van der Waals surface area contributed by atoms with Crippen LogP contribution in [0.25, 0.3) is 0 Å². The fourth-order valence-electron chi connectivity index (χ4n) is 2.52. The molecule has 6 nitrogen and oxygen atoms in total. The molecule has 0 aliphatic carbocycles. The number of rotatable bonds is 6. The smallest absolute Gasteiger partial charge is 0.255 e. The van der Waals surface area contributed by atoms with Crippen molar-refractivity contribution in [2.75, 3.05) is 12.4 Å². The van der Waals surface area contributed by atoms with Crippen LogP contribution in [0.3, 0.4) is 0 Å². The summed E-state index contributed by atoms with van der Waals surface area (Å²) in [5, 5.41) is 6.59. The number of ether oxygens (including phenoxy) is 2. The minimum absolute atomic E-state index is 0.276. The highest BCUT2D eigenvalue weighted by molar-refractivity contribution is 6.04. The van der Waals surface area contributed by atoms with Crippen molar-refractivity contribution >= 4 is 11.6 Å². The normalized spacial score (nSPS) is 10.5. The lowest BCUT2D eigenvalue weighted by Gasteiger charge is -2.12. The quantitative estimate of drug-likeness (QED) is 0.701. The summed E-state index contributed by atoms with van der Waals surface area (Å²) in [4.78, 5) is 12.4. The van der Waals surface area contributed by atoms with E-state index in [-0.39, 0.29) is 18.3 Å². The SMILES string of the molecule is COc1cc(C(=O)Nc2ccc(F)cc2)ccc1OCc1c(C)noc1C. The first-order valence-electron chi connectivity index (χ1n) is 8.27. The Balaban J connectivity index is 1.73. The van der Waals surface area contributed by atoms with Crippen LogP contribution in [0.2, 0.25) is 0 Å². The summed E-state index contributed by atoms with van der Waals surface area (Å²) in [6.45, 7) is 3.94. The summed E-state index contributed by atoms with van der Waals surface area (Å²) in [5.41, 5.74) is 2.52. The van der Waals surface area contributed by atoms with Crippen LogP contribution in [0.15, 0.2) is 47.0 Å². The van der Waals surface area contributed by atoms with Crippen molar-refractivity contribution in [2.24, 2.45) is 0 Å². The van der Waals surface area contributed by atoms with E-state index in [1.807, 2.05) is 13.8 Å². The third-order valence-corrected chi connectivity index (χ3v) is 4.08. The average Bonchev–Trinajstić information content (AvgIpc) is 2.99. The third kappa shape index (κ3) is 4.25. The third-order valence-electron chi connectivity index (χ3n) is 4.08. The van der Waals surface area contributed by atoms with Crippen LogP contribution in [-0.4, -0.2) is 18.2 Å². The molecule has 3 aromatic rings. The van der Waals surface area contributed by atoms with Gasteiger partial charge in [-0.1, -0.05) is 5.16 Å². The first-order chi connectivity index (χ1) is 13.0. The summed E-state index contributed by atoms with van der Waals surface area (Å²) < 4.78 is 29.2. The van der Waals surface area contributed by atoms with Gasteiger partial charge in [0.15, 0.2) is 11.5 Å². The lowest BCUT2D eigenvalue weighted by molar-refractivity contribution is 0.102. The lowest BCUT2D eigenvalue weighted by atomic mass is 10.1. The van der Waals surface area contributed by atoms with Crippen molar-refractivity contribution in [3.8, 4) is 11.5 Å². The fraction of sp³-hybridized carbons (Fsp3) is 0.200. The van der Waals surface area contributed by atoms with Crippen molar-refractivity contribution in [1.82, 2.24) is 5.16 Å². The monoisotopic (exact) mass is 370 g/mol. The number of methoxy groups -OCH3 is 1. The van der Waals surface area contributed by atoms with E-state index in [0.29, 0.717) is 28.5 Å². The summed E-state index contributed by atoms with van der Waals surface area (Å²) in [6.07, 6.45) is 0. The van der Waals surface area contributed by atoms with Crippen LogP contribution in [0.5, 0.6) is 11.5 Å². The van der Waals surface area contributed by atoms with Gasteiger partial charge >= 0.3 is 0 Å². The van der Waals surface area contributed by atoms with E-state index in [4.69, 9.17) is 14.0 Å². The fourth-order valence-corrected chi connectivity index (χ4v) is 2.52. The topological polar surface area (TPSA) is 73.6 Å². The number of benzene rings is 2. The summed E-state index contributed by atoms with van der Waals surface area (Å²) in [6, 6.07) is 10.4. The predicted octanol–water partition coefficient (Wildman–Crippen LogP) is 4.27. The zero-order chi connectivity index (χ0) is 19.4. The number of hydrogen-bond donors (Lipinski definition) is 1. The molecule has 0 unspecified atom stereocenters. The molecule has 0 radical (unpaired) electrons. The second kappa shape index (κ2) is 7.90. The standard InChI is InChI=1S/C20H19FN2O4/c1-12-17(13(2)27-23-12)11-26-18-9-4-14(10-19(18)25-3)20(24)22-16-7-5-15(21)6-8-16/h4-10H,11H2,1-3H3,(H,22,24). The predicted molar refractivity (Wildman–Crippen MR) is 97.7 cm³/mol. The molecule has 0 atom stereocenters. The number of anilines is 1. The van der Waals surface area contributed by atoms with Gasteiger partial charge in [0, 0.05) is 11.3 Å². The maximum Gasteiger partial charge on any atom is 0.255 e. The van der Waals surface area contributed by atoms with Crippen LogP contribution < -0.4 is 14.8 Å². The molecule has 7 heteroatoms. The Morgan fingerprint density at radius 1 is 1.15 bits per heavy atom. The van der Waals surface area contributed by atoms with E-state index in [2.05, 4.69) is 10.5 Å². The van der Waals surface area contributed by atoms with Crippen LogP contribution in [0, 0.1) is 19.7 Å². The van der Waals surface area contributed by atoms with Crippen molar-refractivity contribution in [3.05, 3.63) is 70.9 Å². The molecule has 27 heavy (non-hydrogen) atoms. The molecule has 1 amide bonds. The molecule has 0 spiro atoms. The van der Waals surface area contributed by atoms with Gasteiger partial charge < -0.3 is 19.3 Å². The Hall–Kier alpha value is -3.35. The molecule has 1 heterocycles. The molecule has 140 valence electrons. The van der Waals surface area contributed by atoms with Crippen molar-refractivity contribution in [2.45, 2.75) is 20.5 Å².